The van der Waals surface area contributed by atoms with Gasteiger partial charge in [0.2, 0.25) is 5.91 Å². The first-order valence-corrected chi connectivity index (χ1v) is 8.71. The largest absolute Gasteiger partial charge is 0.305 e. The van der Waals surface area contributed by atoms with Crippen LogP contribution in [0.25, 0.3) is 0 Å². The van der Waals surface area contributed by atoms with Gasteiger partial charge in [-0.2, -0.15) is 0 Å². The highest BCUT2D eigenvalue weighted by Crippen LogP contribution is 2.57. The first kappa shape index (κ1) is 12.2. The van der Waals surface area contributed by atoms with Crippen LogP contribution in [-0.4, -0.2) is 23.4 Å². The Labute approximate surface area is 119 Å². The lowest BCUT2D eigenvalue weighted by Gasteiger charge is -2.47. The van der Waals surface area contributed by atoms with Gasteiger partial charge in [0, 0.05) is 5.75 Å². The minimum atomic E-state index is -0.0430. The average Bonchev–Trinajstić information content (AvgIpc) is 2.79. The molecule has 1 N–H and O–H groups in total. The van der Waals surface area contributed by atoms with E-state index in [1.165, 1.54) is 25.7 Å². The van der Waals surface area contributed by atoms with Crippen LogP contribution in [0.2, 0.25) is 0 Å². The van der Waals surface area contributed by atoms with E-state index in [4.69, 9.17) is 0 Å². The fourth-order valence-corrected chi connectivity index (χ4v) is 5.83. The van der Waals surface area contributed by atoms with Gasteiger partial charge in [-0.05, 0) is 49.9 Å². The number of nitrogens with one attached hydrogen (secondary N) is 1. The topological polar surface area (TPSA) is 41.5 Å². The fourth-order valence-electron chi connectivity index (χ4n) is 5.11. The fraction of sp³-hybridized carbons (Fsp3) is 0.867. The predicted octanol–water partition coefficient (Wildman–Crippen LogP) is 2.81. The number of hydrogen-bond donors (Lipinski definition) is 1. The molecular weight excluding hydrogens is 256 g/mol. The van der Waals surface area contributed by atoms with E-state index in [2.05, 4.69) is 10.3 Å². The van der Waals surface area contributed by atoms with Crippen LogP contribution in [0.5, 0.6) is 0 Å². The van der Waals surface area contributed by atoms with Crippen LogP contribution in [0.1, 0.15) is 44.9 Å². The highest BCUT2D eigenvalue weighted by Gasteiger charge is 2.52. The molecule has 3 nitrogen and oxygen atoms in total. The highest BCUT2D eigenvalue weighted by atomic mass is 32.2. The number of thioether (sulfide) groups is 1. The number of rotatable bonds is 1. The number of amidine groups is 1. The van der Waals surface area contributed by atoms with E-state index in [9.17, 15) is 4.79 Å². The molecule has 0 aromatic rings. The molecule has 1 aliphatic heterocycles. The zero-order valence-electron chi connectivity index (χ0n) is 11.4. The van der Waals surface area contributed by atoms with Crippen LogP contribution in [-0.2, 0) is 4.79 Å². The molecule has 0 aromatic carbocycles. The molecule has 19 heavy (non-hydrogen) atoms. The van der Waals surface area contributed by atoms with Gasteiger partial charge in [-0.3, -0.25) is 9.79 Å². The lowest BCUT2D eigenvalue weighted by Crippen LogP contribution is -2.49. The van der Waals surface area contributed by atoms with Gasteiger partial charge in [-0.1, -0.05) is 24.6 Å². The molecule has 0 saturated heterocycles. The van der Waals surface area contributed by atoms with E-state index in [1.54, 1.807) is 11.8 Å². The number of hydrogen-bond acceptors (Lipinski definition) is 3. The van der Waals surface area contributed by atoms with Crippen molar-refractivity contribution in [2.45, 2.75) is 44.9 Å². The summed E-state index contributed by atoms with van der Waals surface area (Å²) in [6.07, 6.45) is 8.94. The van der Waals surface area contributed by atoms with Gasteiger partial charge in [0.25, 0.3) is 0 Å². The second kappa shape index (κ2) is 4.51. The minimum absolute atomic E-state index is 0.0430. The molecule has 4 fully saturated rings. The second-order valence-corrected chi connectivity index (χ2v) is 8.11. The average molecular weight is 278 g/mol. The van der Waals surface area contributed by atoms with Crippen molar-refractivity contribution >= 4 is 22.8 Å². The maximum atomic E-state index is 12.8. The van der Waals surface area contributed by atoms with Gasteiger partial charge < -0.3 is 5.32 Å². The van der Waals surface area contributed by atoms with Crippen LogP contribution >= 0.6 is 11.8 Å². The first-order chi connectivity index (χ1) is 9.23. The van der Waals surface area contributed by atoms with Crippen molar-refractivity contribution in [2.24, 2.45) is 28.2 Å². The number of carbonyl (C=O) groups excluding carboxylic acids is 1. The van der Waals surface area contributed by atoms with Gasteiger partial charge in [-0.25, -0.2) is 0 Å². The van der Waals surface area contributed by atoms with Crippen molar-refractivity contribution in [2.75, 3.05) is 12.3 Å². The smallest absolute Gasteiger partial charge is 0.232 e. The molecule has 4 bridgehead atoms. The Bertz CT molecular complexity index is 418. The molecule has 0 radical (unpaired) electrons. The maximum absolute atomic E-state index is 12.8. The van der Waals surface area contributed by atoms with Gasteiger partial charge >= 0.3 is 0 Å². The van der Waals surface area contributed by atoms with Crippen LogP contribution < -0.4 is 5.32 Å². The Hall–Kier alpha value is -0.510. The lowest BCUT2D eigenvalue weighted by atomic mass is 9.58. The molecule has 1 heterocycles. The summed E-state index contributed by atoms with van der Waals surface area (Å²) in [5, 5.41) is 4.01. The van der Waals surface area contributed by atoms with Crippen molar-refractivity contribution < 1.29 is 4.79 Å². The quantitative estimate of drug-likeness (QED) is 0.801. The molecule has 4 saturated carbocycles. The molecule has 4 heteroatoms. The summed E-state index contributed by atoms with van der Waals surface area (Å²) in [4.78, 5) is 17.2. The molecule has 104 valence electrons. The summed E-state index contributed by atoms with van der Waals surface area (Å²) in [6, 6.07) is 0. The van der Waals surface area contributed by atoms with E-state index in [1.807, 2.05) is 0 Å². The van der Waals surface area contributed by atoms with Gasteiger partial charge in [0.1, 0.15) is 0 Å². The van der Waals surface area contributed by atoms with E-state index < -0.39 is 0 Å². The van der Waals surface area contributed by atoms with Gasteiger partial charge in [0.15, 0.2) is 5.17 Å². The zero-order valence-corrected chi connectivity index (χ0v) is 12.2. The third-order valence-corrected chi connectivity index (χ3v) is 6.53. The molecule has 4 atom stereocenters. The number of nitrogens with zero attached hydrogens (tertiary/aromatic N) is 1. The summed E-state index contributed by atoms with van der Waals surface area (Å²) in [5.41, 5.74) is -0.0430. The Kier molecular flexibility index (Phi) is 2.90. The molecule has 5 aliphatic rings. The van der Waals surface area contributed by atoms with E-state index in [0.717, 1.165) is 54.5 Å². The predicted molar refractivity (Wildman–Crippen MR) is 78.1 cm³/mol. The Morgan fingerprint density at radius 3 is 2.47 bits per heavy atom. The Morgan fingerprint density at radius 1 is 1.16 bits per heavy atom. The summed E-state index contributed by atoms with van der Waals surface area (Å²) in [5.74, 6) is 3.77. The standard InChI is InChI=1S/C15H22N2OS/c18-13(17-14-16-3-4-19-14)15-7-10-1-2-11(8-15)6-12(5-10)9-15/h10-12H,1-9H2,(H,16,17,18)/t10-,11+,12?,15?. The number of aliphatic imine (C=N–C) groups is 1. The third-order valence-electron chi connectivity index (χ3n) is 5.64. The molecule has 1 amide bonds. The highest BCUT2D eigenvalue weighted by molar-refractivity contribution is 8.14. The van der Waals surface area contributed by atoms with Crippen molar-refractivity contribution in [1.82, 2.24) is 5.32 Å². The van der Waals surface area contributed by atoms with Crippen LogP contribution in [0.15, 0.2) is 4.99 Å². The monoisotopic (exact) mass is 278 g/mol. The van der Waals surface area contributed by atoms with Crippen molar-refractivity contribution in [3.8, 4) is 0 Å². The lowest BCUT2D eigenvalue weighted by molar-refractivity contribution is -0.136. The van der Waals surface area contributed by atoms with Crippen LogP contribution in [0, 0.1) is 23.2 Å². The molecule has 4 aliphatic carbocycles. The van der Waals surface area contributed by atoms with E-state index >= 15 is 0 Å². The SMILES string of the molecule is O=C(NC1=NCCS1)C12CC3C[C@@H](CC[C@@H](C3)C1)C2. The first-order valence-electron chi connectivity index (χ1n) is 7.72. The third kappa shape index (κ3) is 2.12. The van der Waals surface area contributed by atoms with Crippen molar-refractivity contribution in [1.29, 1.82) is 0 Å². The molecule has 0 spiro atoms. The maximum Gasteiger partial charge on any atom is 0.232 e. The number of amides is 1. The van der Waals surface area contributed by atoms with Gasteiger partial charge in [0.05, 0.1) is 12.0 Å². The van der Waals surface area contributed by atoms with Crippen molar-refractivity contribution in [3.05, 3.63) is 0 Å². The summed E-state index contributed by atoms with van der Waals surface area (Å²) in [7, 11) is 0. The van der Waals surface area contributed by atoms with Gasteiger partial charge in [-0.15, -0.1) is 0 Å². The Balaban J connectivity index is 1.56. The second-order valence-electron chi connectivity index (χ2n) is 7.03. The summed E-state index contributed by atoms with van der Waals surface area (Å²) >= 11 is 1.70. The zero-order chi connectivity index (χ0) is 12.9. The summed E-state index contributed by atoms with van der Waals surface area (Å²) < 4.78 is 0. The van der Waals surface area contributed by atoms with E-state index in [-0.39, 0.29) is 5.41 Å². The van der Waals surface area contributed by atoms with Crippen LogP contribution in [0.3, 0.4) is 0 Å². The molecule has 0 aromatic heterocycles. The normalized spacial score (nSPS) is 44.0. The van der Waals surface area contributed by atoms with Crippen LogP contribution in [0.4, 0.5) is 0 Å². The van der Waals surface area contributed by atoms with E-state index in [0.29, 0.717) is 5.91 Å². The number of carbonyl (C=O) groups is 1. The number of fused-ring (bicyclic) bond motifs is 1. The Morgan fingerprint density at radius 2 is 1.84 bits per heavy atom. The molecular formula is C15H22N2OS. The molecule has 5 rings (SSSR count). The minimum Gasteiger partial charge on any atom is -0.305 e. The summed E-state index contributed by atoms with van der Waals surface area (Å²) in [6.45, 7) is 0.862. The molecule has 2 unspecified atom stereocenters. The van der Waals surface area contributed by atoms with Crippen molar-refractivity contribution in [3.63, 3.8) is 0 Å².